The summed E-state index contributed by atoms with van der Waals surface area (Å²) < 4.78 is 13.2. The molecule has 7 heteroatoms. The lowest BCUT2D eigenvalue weighted by Crippen LogP contribution is -2.30. The van der Waals surface area contributed by atoms with Crippen LogP contribution in [-0.2, 0) is 11.3 Å². The summed E-state index contributed by atoms with van der Waals surface area (Å²) in [4.78, 5) is 23.7. The van der Waals surface area contributed by atoms with Crippen LogP contribution in [0.15, 0.2) is 18.2 Å². The topological polar surface area (TPSA) is 75.5 Å². The van der Waals surface area contributed by atoms with Crippen LogP contribution < -0.4 is 5.32 Å². The molecule has 1 N–H and O–H groups in total. The van der Waals surface area contributed by atoms with E-state index in [9.17, 15) is 19.3 Å². The van der Waals surface area contributed by atoms with Gasteiger partial charge in [-0.05, 0) is 24.5 Å². The van der Waals surface area contributed by atoms with Crippen molar-refractivity contribution in [2.75, 3.05) is 19.6 Å². The van der Waals surface area contributed by atoms with Crippen LogP contribution in [0.3, 0.4) is 0 Å². The molecular weight excluding hydrogens is 277 g/mol. The van der Waals surface area contributed by atoms with Crippen LogP contribution in [0.1, 0.15) is 24.8 Å². The van der Waals surface area contributed by atoms with E-state index in [1.165, 1.54) is 12.1 Å². The first-order valence-electron chi connectivity index (χ1n) is 6.98. The maximum Gasteiger partial charge on any atom is 0.272 e. The third kappa shape index (κ3) is 4.49. The highest BCUT2D eigenvalue weighted by molar-refractivity contribution is 5.76. The fourth-order valence-corrected chi connectivity index (χ4v) is 2.39. The van der Waals surface area contributed by atoms with Crippen LogP contribution in [0.25, 0.3) is 0 Å². The molecule has 1 aromatic rings. The molecule has 1 saturated heterocycles. The Morgan fingerprint density at radius 1 is 1.33 bits per heavy atom. The van der Waals surface area contributed by atoms with Gasteiger partial charge in [0.05, 0.1) is 11.0 Å². The van der Waals surface area contributed by atoms with E-state index in [1.807, 2.05) is 4.90 Å². The molecule has 0 radical (unpaired) electrons. The van der Waals surface area contributed by atoms with Crippen LogP contribution >= 0.6 is 0 Å². The molecule has 0 aliphatic carbocycles. The van der Waals surface area contributed by atoms with Gasteiger partial charge in [0.1, 0.15) is 5.82 Å². The number of rotatable bonds is 6. The molecular formula is C14H18FN3O3. The first-order chi connectivity index (χ1) is 10.1. The van der Waals surface area contributed by atoms with E-state index in [4.69, 9.17) is 0 Å². The Labute approximate surface area is 122 Å². The minimum absolute atomic E-state index is 0.116. The number of hydrogen-bond donors (Lipinski definition) is 1. The Hall–Kier alpha value is -2.02. The van der Waals surface area contributed by atoms with E-state index in [-0.39, 0.29) is 11.6 Å². The Morgan fingerprint density at radius 2 is 2.05 bits per heavy atom. The lowest BCUT2D eigenvalue weighted by molar-refractivity contribution is -0.385. The number of likely N-dealkylation sites (tertiary alicyclic amines) is 1. The van der Waals surface area contributed by atoms with Gasteiger partial charge in [-0.15, -0.1) is 0 Å². The molecule has 114 valence electrons. The van der Waals surface area contributed by atoms with Gasteiger partial charge in [-0.1, -0.05) is 0 Å². The molecule has 21 heavy (non-hydrogen) atoms. The lowest BCUT2D eigenvalue weighted by Gasteiger charge is -2.15. The zero-order valence-corrected chi connectivity index (χ0v) is 11.7. The van der Waals surface area contributed by atoms with Crippen LogP contribution in [0.2, 0.25) is 0 Å². The lowest BCUT2D eigenvalue weighted by atomic mass is 10.2. The maximum absolute atomic E-state index is 13.2. The highest BCUT2D eigenvalue weighted by Gasteiger charge is 2.17. The van der Waals surface area contributed by atoms with E-state index in [1.54, 1.807) is 0 Å². The summed E-state index contributed by atoms with van der Waals surface area (Å²) in [5.74, 6) is -0.514. The quantitative estimate of drug-likeness (QED) is 0.493. The number of benzene rings is 1. The van der Waals surface area contributed by atoms with Gasteiger partial charge in [0.15, 0.2) is 0 Å². The average Bonchev–Trinajstić information content (AvgIpc) is 2.97. The summed E-state index contributed by atoms with van der Waals surface area (Å²) >= 11 is 0. The molecule has 6 nitrogen and oxygen atoms in total. The molecule has 1 aliphatic rings. The third-order valence-electron chi connectivity index (χ3n) is 3.46. The minimum atomic E-state index is -0.630. The Morgan fingerprint density at radius 3 is 2.71 bits per heavy atom. The fraction of sp³-hybridized carbons (Fsp3) is 0.500. The zero-order chi connectivity index (χ0) is 15.2. The fourth-order valence-electron chi connectivity index (χ4n) is 2.39. The molecule has 1 aromatic carbocycles. The van der Waals surface area contributed by atoms with Crippen molar-refractivity contribution in [1.82, 2.24) is 10.2 Å². The number of nitro benzene ring substituents is 1. The first-order valence-corrected chi connectivity index (χ1v) is 6.98. The van der Waals surface area contributed by atoms with Gasteiger partial charge >= 0.3 is 0 Å². The van der Waals surface area contributed by atoms with Gasteiger partial charge < -0.3 is 10.2 Å². The minimum Gasteiger partial charge on any atom is -0.343 e. The molecule has 1 amide bonds. The summed E-state index contributed by atoms with van der Waals surface area (Å²) in [6.07, 6.45) is 2.51. The Kier molecular flexibility index (Phi) is 5.21. The van der Waals surface area contributed by atoms with E-state index >= 15 is 0 Å². The number of nitrogens with zero attached hydrogens (tertiary/aromatic N) is 2. The number of halogens is 1. The average molecular weight is 295 g/mol. The standard InChI is InChI=1S/C14H18FN3O3/c15-12-7-11(8-13(9-12)18(20)21)10-16-4-3-14(19)17-5-1-2-6-17/h7-9,16H,1-6,10H2. The molecule has 0 aromatic heterocycles. The molecule has 0 atom stereocenters. The zero-order valence-electron chi connectivity index (χ0n) is 11.7. The van der Waals surface area contributed by atoms with Gasteiger partial charge in [0, 0.05) is 38.7 Å². The molecule has 2 rings (SSSR count). The van der Waals surface area contributed by atoms with Gasteiger partial charge in [-0.25, -0.2) is 4.39 Å². The van der Waals surface area contributed by atoms with E-state index < -0.39 is 10.7 Å². The van der Waals surface area contributed by atoms with Crippen LogP contribution in [0.5, 0.6) is 0 Å². The van der Waals surface area contributed by atoms with Gasteiger partial charge in [-0.2, -0.15) is 0 Å². The van der Waals surface area contributed by atoms with Gasteiger partial charge in [-0.3, -0.25) is 14.9 Å². The monoisotopic (exact) mass is 295 g/mol. The maximum atomic E-state index is 13.2. The predicted molar refractivity (Wildman–Crippen MR) is 75.2 cm³/mol. The number of carbonyl (C=O) groups is 1. The molecule has 0 saturated carbocycles. The second-order valence-electron chi connectivity index (χ2n) is 5.09. The van der Waals surface area contributed by atoms with E-state index in [2.05, 4.69) is 5.32 Å². The highest BCUT2D eigenvalue weighted by atomic mass is 19.1. The van der Waals surface area contributed by atoms with Crippen LogP contribution in [0.4, 0.5) is 10.1 Å². The van der Waals surface area contributed by atoms with Crippen molar-refractivity contribution in [3.8, 4) is 0 Å². The molecule has 0 unspecified atom stereocenters. The summed E-state index contributed by atoms with van der Waals surface area (Å²) in [6.45, 7) is 2.43. The molecule has 0 spiro atoms. The van der Waals surface area contributed by atoms with Gasteiger partial charge in [0.25, 0.3) is 5.69 Å². The number of hydrogen-bond acceptors (Lipinski definition) is 4. The van der Waals surface area contributed by atoms with Crippen molar-refractivity contribution in [1.29, 1.82) is 0 Å². The highest BCUT2D eigenvalue weighted by Crippen LogP contribution is 2.16. The summed E-state index contributed by atoms with van der Waals surface area (Å²) in [5.41, 5.74) is 0.232. The summed E-state index contributed by atoms with van der Waals surface area (Å²) in [6, 6.07) is 3.47. The number of carbonyl (C=O) groups excluding carboxylic acids is 1. The first kappa shape index (κ1) is 15.4. The predicted octanol–water partition coefficient (Wildman–Crippen LogP) is 1.84. The van der Waals surface area contributed by atoms with Crippen molar-refractivity contribution in [2.24, 2.45) is 0 Å². The SMILES string of the molecule is O=C(CCNCc1cc(F)cc([N+](=O)[O-])c1)N1CCCC1. The second-order valence-corrected chi connectivity index (χ2v) is 5.09. The smallest absolute Gasteiger partial charge is 0.272 e. The number of amides is 1. The molecule has 1 fully saturated rings. The van der Waals surface area contributed by atoms with Gasteiger partial charge in [0.2, 0.25) is 5.91 Å². The summed E-state index contributed by atoms with van der Waals surface area (Å²) in [7, 11) is 0. The van der Waals surface area contributed by atoms with Crippen molar-refractivity contribution >= 4 is 11.6 Å². The number of nitrogens with one attached hydrogen (secondary N) is 1. The van der Waals surface area contributed by atoms with E-state index in [0.717, 1.165) is 32.0 Å². The second kappa shape index (κ2) is 7.12. The third-order valence-corrected chi connectivity index (χ3v) is 3.46. The number of non-ortho nitro benzene ring substituents is 1. The van der Waals surface area contributed by atoms with Crippen molar-refractivity contribution in [2.45, 2.75) is 25.8 Å². The van der Waals surface area contributed by atoms with Crippen LogP contribution in [-0.4, -0.2) is 35.4 Å². The van der Waals surface area contributed by atoms with Crippen molar-refractivity contribution < 1.29 is 14.1 Å². The Bertz CT molecular complexity index is 530. The normalized spacial score (nSPS) is 14.4. The summed E-state index contributed by atoms with van der Waals surface area (Å²) in [5, 5.41) is 13.7. The van der Waals surface area contributed by atoms with Crippen LogP contribution in [0, 0.1) is 15.9 Å². The molecule has 0 bridgehead atoms. The number of nitro groups is 1. The van der Waals surface area contributed by atoms with Crippen molar-refractivity contribution in [3.05, 3.63) is 39.7 Å². The molecule has 1 heterocycles. The van der Waals surface area contributed by atoms with Crippen molar-refractivity contribution in [3.63, 3.8) is 0 Å². The largest absolute Gasteiger partial charge is 0.343 e. The molecule has 1 aliphatic heterocycles. The Balaban J connectivity index is 1.78. The van der Waals surface area contributed by atoms with E-state index in [0.29, 0.717) is 25.1 Å².